The Hall–Kier alpha value is 0.580. The molecule has 0 rings (SSSR count). The molecule has 0 radical (unpaired) electrons. The molecule has 0 aromatic carbocycles. The predicted octanol–water partition coefficient (Wildman–Crippen LogP) is 0.329. The highest BCUT2D eigenvalue weighted by Gasteiger charge is 1.62. The second-order valence-corrected chi connectivity index (χ2v) is 2.65. The van der Waals surface area contributed by atoms with E-state index in [-0.39, 0.29) is 0 Å². The lowest BCUT2D eigenvalue weighted by Gasteiger charge is -2.41. The van der Waals surface area contributed by atoms with Crippen LogP contribution in [0.5, 0.6) is 0 Å². The number of hydrogen-bond acceptors (Lipinski definition) is 4. The number of hydrogen-bond donors (Lipinski definition) is 2. The first-order valence-electron chi connectivity index (χ1n) is 0.698. The average Bonchev–Trinajstić information content (AvgIpc) is 0.722. The minimum atomic E-state index is -3.83. The molecule has 0 fully saturated rings. The lowest BCUT2D eigenvalue weighted by molar-refractivity contribution is 0.385. The summed E-state index contributed by atoms with van der Waals surface area (Å²) in [4.78, 5) is 0. The molecule has 3 nitrogen and oxygen atoms in total. The third-order valence-corrected chi connectivity index (χ3v) is 0. The van der Waals surface area contributed by atoms with Gasteiger partial charge >= 0.3 is 0 Å². The maximum atomic E-state index is 9.11. The second kappa shape index (κ2) is 1.36. The van der Waals surface area contributed by atoms with Gasteiger partial charge in [0.1, 0.15) is 0 Å². The summed E-state index contributed by atoms with van der Waals surface area (Å²) in [5, 5.41) is 0. The molecule has 5 heavy (non-hydrogen) atoms. The van der Waals surface area contributed by atoms with Gasteiger partial charge in [0.25, 0.3) is 0 Å². The van der Waals surface area contributed by atoms with Gasteiger partial charge in [-0.15, -0.1) is 0 Å². The van der Waals surface area contributed by atoms with Crippen molar-refractivity contribution in [1.82, 2.24) is 0 Å². The zero-order valence-electron chi connectivity index (χ0n) is 2.12. The van der Waals surface area contributed by atoms with E-state index in [1.165, 1.54) is 0 Å². The molecule has 0 unspecified atom stereocenters. The fourth-order valence-corrected chi connectivity index (χ4v) is 0. The minimum Gasteiger partial charge on any atom is -0.792 e. The molecular weight excluding hydrogens is 112 g/mol. The van der Waals surface area contributed by atoms with E-state index in [0.29, 0.717) is 0 Å². The normalized spacial score (nSPS) is 15.2. The van der Waals surface area contributed by atoms with Gasteiger partial charge in [-0.1, -0.05) is 0 Å². The lowest BCUT2D eigenvalue weighted by Crippen LogP contribution is -1.84. The highest BCUT2D eigenvalue weighted by atomic mass is 33.2. The zero-order valence-corrected chi connectivity index (χ0v) is 3.75. The van der Waals surface area contributed by atoms with Crippen molar-refractivity contribution in [2.24, 2.45) is 0 Å². The van der Waals surface area contributed by atoms with E-state index in [1.807, 2.05) is 0 Å². The van der Waals surface area contributed by atoms with Crippen LogP contribution in [0.15, 0.2) is 0 Å². The number of rotatable bonds is 0. The molecule has 0 spiro atoms. The van der Waals surface area contributed by atoms with Crippen LogP contribution >= 0.6 is 9.90 Å². The molecule has 0 aliphatic heterocycles. The SMILES string of the molecule is [O-]S(O)(O)[S-]. The Morgan fingerprint density at radius 2 is 1.60 bits per heavy atom. The maximum absolute atomic E-state index is 9.11. The third-order valence-electron chi connectivity index (χ3n) is 0. The van der Waals surface area contributed by atoms with Gasteiger partial charge in [0, 0.05) is 0 Å². The van der Waals surface area contributed by atoms with E-state index >= 15 is 0 Å². The molecule has 5 heteroatoms. The summed E-state index contributed by atoms with van der Waals surface area (Å²) < 4.78 is 24.0. The van der Waals surface area contributed by atoms with E-state index in [9.17, 15) is 0 Å². The van der Waals surface area contributed by atoms with Crippen molar-refractivity contribution < 1.29 is 13.7 Å². The molecule has 0 aliphatic carbocycles. The fourth-order valence-electron chi connectivity index (χ4n) is 0. The van der Waals surface area contributed by atoms with Crippen LogP contribution in [0.2, 0.25) is 0 Å². The smallest absolute Gasteiger partial charge is 0.234 e. The molecule has 0 atom stereocenters. The van der Waals surface area contributed by atoms with Gasteiger partial charge in [0.15, 0.2) is 0 Å². The maximum Gasteiger partial charge on any atom is -0.234 e. The summed E-state index contributed by atoms with van der Waals surface area (Å²) in [5.41, 5.74) is 0. The van der Waals surface area contributed by atoms with Gasteiger partial charge in [0.05, 0.1) is 0 Å². The summed E-state index contributed by atoms with van der Waals surface area (Å²) >= 11 is 3.47. The van der Waals surface area contributed by atoms with Crippen LogP contribution in [0.1, 0.15) is 0 Å². The van der Waals surface area contributed by atoms with Crippen LogP contribution in [-0.2, 0) is 11.7 Å². The van der Waals surface area contributed by atoms with Crippen LogP contribution in [0, 0.1) is 0 Å². The van der Waals surface area contributed by atoms with Crippen molar-refractivity contribution in [3.63, 3.8) is 0 Å². The van der Waals surface area contributed by atoms with E-state index in [4.69, 9.17) is 13.7 Å². The molecular formula is H2O3S2-2. The molecule has 34 valence electrons. The molecule has 0 aromatic heterocycles. The van der Waals surface area contributed by atoms with Crippen LogP contribution in [0.4, 0.5) is 0 Å². The summed E-state index contributed by atoms with van der Waals surface area (Å²) in [6.45, 7) is 0. The molecule has 0 aromatic rings. The van der Waals surface area contributed by atoms with Gasteiger partial charge < -0.3 is 25.3 Å². The molecule has 0 amide bonds. The van der Waals surface area contributed by atoms with E-state index in [0.717, 1.165) is 0 Å². The molecule has 0 bridgehead atoms. The molecule has 0 aliphatic rings. The summed E-state index contributed by atoms with van der Waals surface area (Å²) in [5.74, 6) is 0. The van der Waals surface area contributed by atoms with E-state index in [2.05, 4.69) is 11.7 Å². The van der Waals surface area contributed by atoms with Crippen molar-refractivity contribution >= 4 is 21.6 Å². The van der Waals surface area contributed by atoms with Crippen LogP contribution in [0.3, 0.4) is 0 Å². The Labute approximate surface area is 36.0 Å². The van der Waals surface area contributed by atoms with Gasteiger partial charge in [-0.05, 0) is 0 Å². The molecule has 0 saturated carbocycles. The van der Waals surface area contributed by atoms with Crippen LogP contribution in [0.25, 0.3) is 0 Å². The van der Waals surface area contributed by atoms with Gasteiger partial charge in [-0.3, -0.25) is 0 Å². The molecule has 2 N–H and O–H groups in total. The Morgan fingerprint density at radius 3 is 1.60 bits per heavy atom. The van der Waals surface area contributed by atoms with Crippen molar-refractivity contribution in [3.8, 4) is 0 Å². The van der Waals surface area contributed by atoms with Gasteiger partial charge in [-0.2, -0.15) is 0 Å². The second-order valence-electron chi connectivity index (χ2n) is 0.448. The molecule has 0 heterocycles. The van der Waals surface area contributed by atoms with E-state index < -0.39 is 9.90 Å². The third kappa shape index (κ3) is 90.6. The Balaban J connectivity index is 3.02. The zero-order chi connectivity index (χ0) is 4.50. The van der Waals surface area contributed by atoms with Crippen molar-refractivity contribution in [3.05, 3.63) is 0 Å². The summed E-state index contributed by atoms with van der Waals surface area (Å²) in [6, 6.07) is 0. The van der Waals surface area contributed by atoms with E-state index in [1.54, 1.807) is 0 Å². The standard InChI is InChI=1S/H4O3S2/c1-5(2,3)4/h1-4H/p-2. The largest absolute Gasteiger partial charge is 0.792 e. The fraction of sp³-hybridized carbons (Fsp3) is 0. The Bertz CT molecular complexity index is 20.4. The highest BCUT2D eigenvalue weighted by molar-refractivity contribution is 8.71. The Kier molecular flexibility index (Phi) is 1.51. The van der Waals surface area contributed by atoms with Crippen molar-refractivity contribution in [2.75, 3.05) is 0 Å². The van der Waals surface area contributed by atoms with Gasteiger partial charge in [-0.25, -0.2) is 9.90 Å². The molecule has 0 saturated heterocycles. The lowest BCUT2D eigenvalue weighted by atomic mass is 15.8. The predicted molar refractivity (Wildman–Crippen MR) is 21.0 cm³/mol. The van der Waals surface area contributed by atoms with Crippen LogP contribution < -0.4 is 0 Å². The Morgan fingerprint density at radius 1 is 1.60 bits per heavy atom. The van der Waals surface area contributed by atoms with Gasteiger partial charge in [0.2, 0.25) is 0 Å². The quantitative estimate of drug-likeness (QED) is 0.352. The monoisotopic (exact) mass is 114 g/mol. The first kappa shape index (κ1) is 5.58. The topological polar surface area (TPSA) is 63.5 Å². The summed E-state index contributed by atoms with van der Waals surface area (Å²) in [6.07, 6.45) is 0. The first-order valence-corrected chi connectivity index (χ1v) is 3.10. The summed E-state index contributed by atoms with van der Waals surface area (Å²) in [7, 11) is -3.83. The average molecular weight is 114 g/mol. The van der Waals surface area contributed by atoms with Crippen LogP contribution in [-0.4, -0.2) is 13.7 Å². The highest BCUT2D eigenvalue weighted by Crippen LogP contribution is 2.26. The van der Waals surface area contributed by atoms with Crippen molar-refractivity contribution in [1.29, 1.82) is 0 Å². The first-order chi connectivity index (χ1) is 2.00. The van der Waals surface area contributed by atoms with Crippen molar-refractivity contribution in [2.45, 2.75) is 0 Å². The minimum absolute atomic E-state index is 3.47.